The van der Waals surface area contributed by atoms with Crippen molar-refractivity contribution in [2.24, 2.45) is 10.7 Å². The summed E-state index contributed by atoms with van der Waals surface area (Å²) >= 11 is 1.79. The highest BCUT2D eigenvalue weighted by molar-refractivity contribution is 7.10. The van der Waals surface area contributed by atoms with Crippen molar-refractivity contribution in [2.75, 3.05) is 20.3 Å². The first-order chi connectivity index (χ1) is 11.6. The Bertz CT molecular complexity index is 729. The molecule has 2 heterocycles. The smallest absolute Gasteiger partial charge is 0.189 e. The van der Waals surface area contributed by atoms with Crippen LogP contribution in [0.3, 0.4) is 0 Å². The van der Waals surface area contributed by atoms with E-state index in [0.29, 0.717) is 19.0 Å². The van der Waals surface area contributed by atoms with Crippen LogP contribution in [0.1, 0.15) is 22.9 Å². The highest BCUT2D eigenvalue weighted by atomic mass is 32.1. The first kappa shape index (κ1) is 16.8. The van der Waals surface area contributed by atoms with Gasteiger partial charge in [0, 0.05) is 16.9 Å². The summed E-state index contributed by atoms with van der Waals surface area (Å²) in [5, 5.41) is 5.32. The van der Waals surface area contributed by atoms with Crippen molar-refractivity contribution < 1.29 is 9.47 Å². The fourth-order valence-electron chi connectivity index (χ4n) is 2.92. The summed E-state index contributed by atoms with van der Waals surface area (Å²) < 4.78 is 11.3. The van der Waals surface area contributed by atoms with Gasteiger partial charge >= 0.3 is 0 Å². The third-order valence-corrected chi connectivity index (χ3v) is 5.26. The third kappa shape index (κ3) is 3.55. The molecule has 0 amide bonds. The lowest BCUT2D eigenvalue weighted by atomic mass is 9.93. The Morgan fingerprint density at radius 2 is 2.25 bits per heavy atom. The normalized spacial score (nSPS) is 20.5. The van der Waals surface area contributed by atoms with Gasteiger partial charge in [-0.2, -0.15) is 0 Å². The van der Waals surface area contributed by atoms with E-state index in [0.717, 1.165) is 24.3 Å². The number of rotatable bonds is 5. The molecule has 1 aliphatic rings. The Morgan fingerprint density at radius 1 is 1.42 bits per heavy atom. The van der Waals surface area contributed by atoms with Crippen molar-refractivity contribution in [2.45, 2.75) is 25.5 Å². The molecule has 128 valence electrons. The van der Waals surface area contributed by atoms with Crippen LogP contribution in [0, 0.1) is 0 Å². The summed E-state index contributed by atoms with van der Waals surface area (Å²) in [5.41, 5.74) is 7.92. The molecule has 1 aromatic heterocycles. The number of nitrogens with two attached hydrogens (primary N) is 1. The topological polar surface area (TPSA) is 68.9 Å². The molecule has 0 radical (unpaired) electrons. The van der Waals surface area contributed by atoms with Crippen LogP contribution in [-0.2, 0) is 23.3 Å². The van der Waals surface area contributed by atoms with E-state index in [1.54, 1.807) is 18.4 Å². The van der Waals surface area contributed by atoms with Gasteiger partial charge in [0.05, 0.1) is 26.8 Å². The Kier molecular flexibility index (Phi) is 5.06. The molecule has 0 fully saturated rings. The van der Waals surface area contributed by atoms with Crippen molar-refractivity contribution in [1.82, 2.24) is 5.32 Å². The summed E-state index contributed by atoms with van der Waals surface area (Å²) in [6, 6.07) is 9.95. The summed E-state index contributed by atoms with van der Waals surface area (Å²) in [6.07, 6.45) is 0.986. The first-order valence-electron chi connectivity index (χ1n) is 7.99. The molecule has 0 saturated carbocycles. The van der Waals surface area contributed by atoms with Gasteiger partial charge in [0.1, 0.15) is 11.4 Å². The van der Waals surface area contributed by atoms with Crippen LogP contribution >= 0.6 is 11.3 Å². The number of nitrogens with zero attached hydrogens (tertiary/aromatic N) is 1. The number of nitrogens with one attached hydrogen (secondary N) is 1. The highest BCUT2D eigenvalue weighted by Crippen LogP contribution is 2.35. The molecule has 24 heavy (non-hydrogen) atoms. The molecule has 0 spiro atoms. The Balaban J connectivity index is 1.63. The van der Waals surface area contributed by atoms with Gasteiger partial charge in [-0.1, -0.05) is 18.2 Å². The SMILES string of the molecule is COc1ccccc1CN=C(N)NCC1(C)OCCc2sccc21. The standard InChI is InChI=1S/C18H23N3O2S/c1-18(14-8-10-24-16(14)7-9-23-18)12-21-17(19)20-11-13-5-3-4-6-15(13)22-2/h3-6,8,10H,7,9,11-12H2,1-2H3,(H3,19,20,21). The number of hydrogen-bond acceptors (Lipinski definition) is 4. The second-order valence-corrected chi connectivity index (χ2v) is 6.95. The maximum absolute atomic E-state index is 6.03. The Morgan fingerprint density at radius 3 is 3.08 bits per heavy atom. The van der Waals surface area contributed by atoms with Crippen LogP contribution in [0.2, 0.25) is 0 Å². The van der Waals surface area contributed by atoms with Crippen LogP contribution in [-0.4, -0.2) is 26.2 Å². The van der Waals surface area contributed by atoms with Gasteiger partial charge in [-0.15, -0.1) is 11.3 Å². The maximum Gasteiger partial charge on any atom is 0.189 e. The van der Waals surface area contributed by atoms with Crippen LogP contribution in [0.15, 0.2) is 40.7 Å². The van der Waals surface area contributed by atoms with Gasteiger partial charge in [0.25, 0.3) is 0 Å². The van der Waals surface area contributed by atoms with E-state index in [1.165, 1.54) is 10.4 Å². The fourth-order valence-corrected chi connectivity index (χ4v) is 3.90. The fraction of sp³-hybridized carbons (Fsp3) is 0.389. The number of thiophene rings is 1. The van der Waals surface area contributed by atoms with Crippen molar-refractivity contribution in [1.29, 1.82) is 0 Å². The van der Waals surface area contributed by atoms with Gasteiger partial charge in [-0.05, 0) is 30.0 Å². The Hall–Kier alpha value is -2.05. The minimum Gasteiger partial charge on any atom is -0.496 e. The lowest BCUT2D eigenvalue weighted by Crippen LogP contribution is -2.45. The lowest BCUT2D eigenvalue weighted by molar-refractivity contribution is -0.0409. The van der Waals surface area contributed by atoms with E-state index >= 15 is 0 Å². The van der Waals surface area contributed by atoms with E-state index in [9.17, 15) is 0 Å². The summed E-state index contributed by atoms with van der Waals surface area (Å²) in [5.74, 6) is 1.23. The van der Waals surface area contributed by atoms with Gasteiger partial charge in [-0.3, -0.25) is 0 Å². The average molecular weight is 345 g/mol. The lowest BCUT2D eigenvalue weighted by Gasteiger charge is -2.34. The Labute approximate surface area is 146 Å². The molecular weight excluding hydrogens is 322 g/mol. The predicted molar refractivity (Wildman–Crippen MR) is 97.7 cm³/mol. The second kappa shape index (κ2) is 7.23. The van der Waals surface area contributed by atoms with Crippen LogP contribution in [0.5, 0.6) is 5.75 Å². The quantitative estimate of drug-likeness (QED) is 0.646. The zero-order valence-corrected chi connectivity index (χ0v) is 14.9. The van der Waals surface area contributed by atoms with Crippen LogP contribution in [0.25, 0.3) is 0 Å². The number of ether oxygens (including phenoxy) is 2. The number of guanidine groups is 1. The molecule has 0 bridgehead atoms. The number of fused-ring (bicyclic) bond motifs is 1. The molecule has 1 atom stereocenters. The van der Waals surface area contributed by atoms with E-state index in [1.807, 2.05) is 24.3 Å². The van der Waals surface area contributed by atoms with Crippen molar-refractivity contribution in [3.8, 4) is 5.75 Å². The largest absolute Gasteiger partial charge is 0.496 e. The molecule has 1 aliphatic heterocycles. The molecule has 5 nitrogen and oxygen atoms in total. The monoisotopic (exact) mass is 345 g/mol. The minimum atomic E-state index is -0.363. The molecule has 0 aliphatic carbocycles. The third-order valence-electron chi connectivity index (χ3n) is 4.28. The van der Waals surface area contributed by atoms with Crippen molar-refractivity contribution in [3.05, 3.63) is 51.7 Å². The first-order valence-corrected chi connectivity index (χ1v) is 8.87. The predicted octanol–water partition coefficient (Wildman–Crippen LogP) is 2.65. The van der Waals surface area contributed by atoms with E-state index in [-0.39, 0.29) is 5.60 Å². The average Bonchev–Trinajstić information content (AvgIpc) is 3.09. The van der Waals surface area contributed by atoms with Crippen molar-refractivity contribution in [3.63, 3.8) is 0 Å². The van der Waals surface area contributed by atoms with E-state index < -0.39 is 0 Å². The maximum atomic E-state index is 6.03. The van der Waals surface area contributed by atoms with Gasteiger partial charge in [0.15, 0.2) is 5.96 Å². The van der Waals surface area contributed by atoms with Crippen LogP contribution < -0.4 is 15.8 Å². The van der Waals surface area contributed by atoms with Crippen molar-refractivity contribution >= 4 is 17.3 Å². The zero-order valence-electron chi connectivity index (χ0n) is 14.0. The highest BCUT2D eigenvalue weighted by Gasteiger charge is 2.33. The van der Waals surface area contributed by atoms with Gasteiger partial charge < -0.3 is 20.5 Å². The summed E-state index contributed by atoms with van der Waals surface area (Å²) in [7, 11) is 1.66. The van der Waals surface area contributed by atoms with E-state index in [4.69, 9.17) is 15.2 Å². The number of methoxy groups -OCH3 is 1. The second-order valence-electron chi connectivity index (χ2n) is 5.95. The van der Waals surface area contributed by atoms with E-state index in [2.05, 4.69) is 28.7 Å². The number of benzene rings is 1. The molecule has 0 saturated heterocycles. The molecule has 1 aromatic carbocycles. The molecule has 2 aromatic rings. The molecule has 6 heteroatoms. The molecular formula is C18H23N3O2S. The molecule has 1 unspecified atom stereocenters. The molecule has 3 rings (SSSR count). The number of aliphatic imine (C=N–C) groups is 1. The minimum absolute atomic E-state index is 0.363. The summed E-state index contributed by atoms with van der Waals surface area (Å²) in [4.78, 5) is 5.81. The summed E-state index contributed by atoms with van der Waals surface area (Å²) in [6.45, 7) is 3.91. The van der Waals surface area contributed by atoms with Crippen LogP contribution in [0.4, 0.5) is 0 Å². The van der Waals surface area contributed by atoms with Gasteiger partial charge in [0.2, 0.25) is 0 Å². The van der Waals surface area contributed by atoms with Gasteiger partial charge in [-0.25, -0.2) is 4.99 Å². The zero-order chi connectivity index (χ0) is 17.0. The molecule has 3 N–H and O–H groups in total. The number of hydrogen-bond donors (Lipinski definition) is 2. The number of para-hydroxylation sites is 1.